The first-order valence-electron chi connectivity index (χ1n) is 8.16. The molecule has 1 aromatic carbocycles. The highest BCUT2D eigenvalue weighted by atomic mass is 127. The van der Waals surface area contributed by atoms with E-state index in [2.05, 4.69) is 34.5 Å². The van der Waals surface area contributed by atoms with E-state index >= 15 is 0 Å². The van der Waals surface area contributed by atoms with Crippen molar-refractivity contribution in [2.75, 3.05) is 7.11 Å². The second-order valence-electron chi connectivity index (χ2n) is 6.44. The van der Waals surface area contributed by atoms with Crippen molar-refractivity contribution in [1.82, 2.24) is 0 Å². The Kier molecular flexibility index (Phi) is 5.48. The zero-order valence-electron chi connectivity index (χ0n) is 14.4. The number of aliphatic imine (C=N–C) groups is 1. The summed E-state index contributed by atoms with van der Waals surface area (Å²) in [6, 6.07) is 3.79. The number of esters is 1. The number of hydrogen-bond donors (Lipinski definition) is 1. The van der Waals surface area contributed by atoms with Crippen LogP contribution in [0.15, 0.2) is 17.1 Å². The van der Waals surface area contributed by atoms with Crippen LogP contribution in [-0.4, -0.2) is 24.4 Å². The molecule has 1 aliphatic carbocycles. The first-order chi connectivity index (χ1) is 11.9. The quantitative estimate of drug-likeness (QED) is 0.390. The summed E-state index contributed by atoms with van der Waals surface area (Å²) in [5, 5.41) is 10.9. The molecule has 4 nitrogen and oxygen atoms in total. The first kappa shape index (κ1) is 18.4. The van der Waals surface area contributed by atoms with E-state index in [1.54, 1.807) is 17.6 Å². The fourth-order valence-electron chi connectivity index (χ4n) is 3.13. The van der Waals surface area contributed by atoms with E-state index in [1.807, 2.05) is 19.1 Å². The van der Waals surface area contributed by atoms with Crippen LogP contribution in [0.5, 0.6) is 5.75 Å². The number of rotatable bonds is 3. The van der Waals surface area contributed by atoms with Gasteiger partial charge >= 0.3 is 5.97 Å². The molecule has 0 saturated heterocycles. The number of phenols is 1. The van der Waals surface area contributed by atoms with Gasteiger partial charge in [-0.3, -0.25) is 0 Å². The van der Waals surface area contributed by atoms with Gasteiger partial charge in [0, 0.05) is 20.2 Å². The predicted molar refractivity (Wildman–Crippen MR) is 110 cm³/mol. The van der Waals surface area contributed by atoms with Gasteiger partial charge in [-0.1, -0.05) is 6.92 Å². The van der Waals surface area contributed by atoms with Gasteiger partial charge in [-0.25, -0.2) is 9.79 Å². The van der Waals surface area contributed by atoms with Crippen LogP contribution in [0, 0.1) is 16.4 Å². The lowest BCUT2D eigenvalue weighted by molar-refractivity contribution is 0.0600. The molecule has 1 aromatic heterocycles. The molecule has 1 N–H and O–H groups in total. The largest absolute Gasteiger partial charge is 0.507 e. The van der Waals surface area contributed by atoms with E-state index in [0.717, 1.165) is 34.0 Å². The molecule has 0 bridgehead atoms. The second-order valence-corrected chi connectivity index (χ2v) is 8.77. The highest BCUT2D eigenvalue weighted by Gasteiger charge is 2.27. The lowest BCUT2D eigenvalue weighted by atomic mass is 9.88. The number of benzene rings is 1. The number of halogens is 1. The van der Waals surface area contributed by atoms with Gasteiger partial charge in [-0.05, 0) is 78.0 Å². The molecule has 0 aliphatic heterocycles. The third-order valence-electron chi connectivity index (χ3n) is 4.50. The Labute approximate surface area is 165 Å². The van der Waals surface area contributed by atoms with Crippen LogP contribution >= 0.6 is 33.9 Å². The van der Waals surface area contributed by atoms with Crippen molar-refractivity contribution in [3.05, 3.63) is 42.8 Å². The molecule has 0 saturated carbocycles. The number of phenolic OH excluding ortho intramolecular Hbond substituents is 1. The molecule has 0 spiro atoms. The molecule has 0 radical (unpaired) electrons. The summed E-state index contributed by atoms with van der Waals surface area (Å²) in [6.45, 7) is 4.09. The summed E-state index contributed by atoms with van der Waals surface area (Å²) >= 11 is 3.77. The zero-order chi connectivity index (χ0) is 18.1. The lowest BCUT2D eigenvalue weighted by Crippen LogP contribution is -2.12. The summed E-state index contributed by atoms with van der Waals surface area (Å²) < 4.78 is 6.01. The predicted octanol–water partition coefficient (Wildman–Crippen LogP) is 5.03. The van der Waals surface area contributed by atoms with Crippen LogP contribution in [0.3, 0.4) is 0 Å². The van der Waals surface area contributed by atoms with Gasteiger partial charge in [-0.2, -0.15) is 0 Å². The fraction of sp³-hybridized carbons (Fsp3) is 0.368. The minimum atomic E-state index is -0.331. The number of methoxy groups -OCH3 is 1. The molecule has 1 heterocycles. The summed E-state index contributed by atoms with van der Waals surface area (Å²) in [7, 11) is 1.40. The zero-order valence-corrected chi connectivity index (χ0v) is 17.4. The number of carbonyl (C=O) groups excluding carboxylic acids is 1. The average Bonchev–Trinajstić information content (AvgIpc) is 2.93. The van der Waals surface area contributed by atoms with Crippen LogP contribution in [0.4, 0.5) is 5.00 Å². The van der Waals surface area contributed by atoms with Gasteiger partial charge in [0.05, 0.1) is 12.7 Å². The normalized spacial score (nSPS) is 16.9. The molecular weight excluding hydrogens is 449 g/mol. The van der Waals surface area contributed by atoms with Gasteiger partial charge in [0.2, 0.25) is 0 Å². The van der Waals surface area contributed by atoms with E-state index in [9.17, 15) is 9.90 Å². The van der Waals surface area contributed by atoms with Crippen molar-refractivity contribution < 1.29 is 14.6 Å². The molecule has 25 heavy (non-hydrogen) atoms. The van der Waals surface area contributed by atoms with E-state index in [4.69, 9.17) is 4.74 Å². The number of ether oxygens (including phenoxy) is 1. The number of aryl methyl sites for hydroxylation is 1. The maximum absolute atomic E-state index is 12.3. The fourth-order valence-corrected chi connectivity index (χ4v) is 5.27. The first-order valence-corrected chi connectivity index (χ1v) is 10.1. The summed E-state index contributed by atoms with van der Waals surface area (Å²) in [6.07, 6.45) is 4.58. The topological polar surface area (TPSA) is 58.9 Å². The maximum Gasteiger partial charge on any atom is 0.341 e. The Morgan fingerprint density at radius 3 is 2.96 bits per heavy atom. The molecule has 3 rings (SSSR count). The Bertz CT molecular complexity index is 857. The van der Waals surface area contributed by atoms with Crippen LogP contribution in [-0.2, 0) is 17.6 Å². The van der Waals surface area contributed by atoms with Crippen LogP contribution < -0.4 is 0 Å². The minimum Gasteiger partial charge on any atom is -0.507 e. The van der Waals surface area contributed by atoms with E-state index < -0.39 is 0 Å². The molecule has 132 valence electrons. The van der Waals surface area contributed by atoms with Crippen molar-refractivity contribution in [3.63, 3.8) is 0 Å². The van der Waals surface area contributed by atoms with Crippen molar-refractivity contribution in [1.29, 1.82) is 0 Å². The third kappa shape index (κ3) is 3.74. The minimum absolute atomic E-state index is 0.221. The third-order valence-corrected chi connectivity index (χ3v) is 6.28. The number of thiophene rings is 1. The number of carbonyl (C=O) groups is 1. The molecule has 6 heteroatoms. The summed E-state index contributed by atoms with van der Waals surface area (Å²) in [4.78, 5) is 18.1. The van der Waals surface area contributed by atoms with Gasteiger partial charge in [0.1, 0.15) is 10.8 Å². The van der Waals surface area contributed by atoms with E-state index in [1.165, 1.54) is 12.0 Å². The van der Waals surface area contributed by atoms with E-state index in [0.29, 0.717) is 22.0 Å². The number of fused-ring (bicyclic) bond motifs is 1. The smallest absolute Gasteiger partial charge is 0.341 e. The standard InChI is InChI=1S/C19H20INO3S/c1-10-4-5-14-15(6-10)25-18(16(14)19(23)24-3)21-9-12-8-13(20)7-11(2)17(12)22/h7-10,22H,4-6H2,1-3H3. The highest BCUT2D eigenvalue weighted by Crippen LogP contribution is 2.41. The molecule has 1 atom stereocenters. The molecule has 0 amide bonds. The SMILES string of the molecule is COC(=O)c1c(N=Cc2cc(I)cc(C)c2O)sc2c1CCC(C)C2. The Morgan fingerprint density at radius 2 is 2.24 bits per heavy atom. The van der Waals surface area contributed by atoms with Crippen molar-refractivity contribution in [2.45, 2.75) is 33.1 Å². The Hall–Kier alpha value is -1.41. The van der Waals surface area contributed by atoms with Gasteiger partial charge in [0.15, 0.2) is 0 Å². The molecule has 1 aliphatic rings. The van der Waals surface area contributed by atoms with Crippen molar-refractivity contribution >= 4 is 51.1 Å². The molecule has 0 fully saturated rings. The summed E-state index contributed by atoms with van der Waals surface area (Å²) in [5.74, 6) is 0.511. The van der Waals surface area contributed by atoms with E-state index in [-0.39, 0.29) is 11.7 Å². The average molecular weight is 469 g/mol. The number of aromatic hydroxyl groups is 1. The van der Waals surface area contributed by atoms with Gasteiger partial charge in [-0.15, -0.1) is 11.3 Å². The molecular formula is C19H20INO3S. The highest BCUT2D eigenvalue weighted by molar-refractivity contribution is 14.1. The number of nitrogens with zero attached hydrogens (tertiary/aromatic N) is 1. The lowest BCUT2D eigenvalue weighted by Gasteiger charge is -2.18. The van der Waals surface area contributed by atoms with Crippen LogP contribution in [0.1, 0.15) is 45.3 Å². The van der Waals surface area contributed by atoms with Crippen LogP contribution in [0.25, 0.3) is 0 Å². The van der Waals surface area contributed by atoms with Gasteiger partial charge in [0.25, 0.3) is 0 Å². The molecule has 1 unspecified atom stereocenters. The van der Waals surface area contributed by atoms with Crippen molar-refractivity contribution in [3.8, 4) is 5.75 Å². The maximum atomic E-state index is 12.3. The number of hydrogen-bond acceptors (Lipinski definition) is 5. The van der Waals surface area contributed by atoms with Gasteiger partial charge < -0.3 is 9.84 Å². The molecule has 2 aromatic rings. The van der Waals surface area contributed by atoms with Crippen molar-refractivity contribution in [2.24, 2.45) is 10.9 Å². The van der Waals surface area contributed by atoms with Crippen LogP contribution in [0.2, 0.25) is 0 Å². The summed E-state index contributed by atoms with van der Waals surface area (Å²) in [5.41, 5.74) is 3.14. The monoisotopic (exact) mass is 469 g/mol. The Balaban J connectivity index is 2.04. The second kappa shape index (κ2) is 7.45. The Morgan fingerprint density at radius 1 is 1.48 bits per heavy atom.